The van der Waals surface area contributed by atoms with E-state index in [1.807, 2.05) is 0 Å². The Morgan fingerprint density at radius 2 is 2.00 bits per heavy atom. The first-order valence-corrected chi connectivity index (χ1v) is 5.87. The molecule has 0 unspecified atom stereocenters. The molecule has 2 aliphatic rings. The zero-order chi connectivity index (χ0) is 11.1. The summed E-state index contributed by atoms with van der Waals surface area (Å²) in [6, 6.07) is 0. The minimum atomic E-state index is -0.169. The van der Waals surface area contributed by atoms with Crippen LogP contribution in [0.5, 0.6) is 0 Å². The second-order valence-corrected chi connectivity index (χ2v) is 4.63. The van der Waals surface area contributed by atoms with E-state index in [1.54, 1.807) is 0 Å². The van der Waals surface area contributed by atoms with Gasteiger partial charge in [-0.2, -0.15) is 0 Å². The van der Waals surface area contributed by atoms with E-state index in [1.165, 1.54) is 5.57 Å². The molecule has 1 heterocycles. The molecule has 1 saturated carbocycles. The summed E-state index contributed by atoms with van der Waals surface area (Å²) in [5, 5.41) is 3.11. The normalized spacial score (nSPS) is 25.4. The summed E-state index contributed by atoms with van der Waals surface area (Å²) in [6.07, 6.45) is 4.00. The van der Waals surface area contributed by atoms with E-state index >= 15 is 0 Å². The zero-order valence-corrected chi connectivity index (χ0v) is 9.89. The van der Waals surface area contributed by atoms with Crippen LogP contribution >= 0.6 is 0 Å². The molecule has 15 heavy (non-hydrogen) atoms. The van der Waals surface area contributed by atoms with Gasteiger partial charge < -0.3 is 5.32 Å². The summed E-state index contributed by atoms with van der Waals surface area (Å²) >= 11 is 0. The van der Waals surface area contributed by atoms with Crippen LogP contribution in [0.15, 0.2) is 11.3 Å². The predicted molar refractivity (Wildman–Crippen MR) is 60.3 cm³/mol. The number of rotatable bonds is 2. The number of hydrogen-bond donors (Lipinski definition) is 1. The van der Waals surface area contributed by atoms with E-state index in [-0.39, 0.29) is 11.4 Å². The van der Waals surface area contributed by atoms with Gasteiger partial charge >= 0.3 is 0 Å². The van der Waals surface area contributed by atoms with Gasteiger partial charge in [0.2, 0.25) is 5.91 Å². The molecule has 3 heteroatoms. The van der Waals surface area contributed by atoms with Crippen LogP contribution in [0.2, 0.25) is 0 Å². The summed E-state index contributed by atoms with van der Waals surface area (Å²) in [4.78, 5) is 14.3. The standard InChI is InChI=1S/C12H20N2O/c1-4-9-8-14(3)12(6-7-12)11(15)13-10(9)5-2/h4-8H2,1-3H3,(H,13,15). The molecule has 84 valence electrons. The topological polar surface area (TPSA) is 32.3 Å². The fourth-order valence-corrected chi connectivity index (χ4v) is 2.44. The van der Waals surface area contributed by atoms with Crippen molar-refractivity contribution in [2.45, 2.75) is 45.1 Å². The Morgan fingerprint density at radius 3 is 2.47 bits per heavy atom. The molecule has 0 atom stereocenters. The van der Waals surface area contributed by atoms with Crippen molar-refractivity contribution in [3.63, 3.8) is 0 Å². The second-order valence-electron chi connectivity index (χ2n) is 4.63. The van der Waals surface area contributed by atoms with Gasteiger partial charge in [0, 0.05) is 12.2 Å². The van der Waals surface area contributed by atoms with Crippen LogP contribution in [0.25, 0.3) is 0 Å². The molecular formula is C12H20N2O. The van der Waals surface area contributed by atoms with Gasteiger partial charge in [-0.25, -0.2) is 0 Å². The van der Waals surface area contributed by atoms with E-state index in [2.05, 4.69) is 31.1 Å². The first kappa shape index (κ1) is 10.7. The lowest BCUT2D eigenvalue weighted by atomic mass is 10.1. The maximum Gasteiger partial charge on any atom is 0.244 e. The Labute approximate surface area is 91.5 Å². The highest BCUT2D eigenvalue weighted by Gasteiger charge is 2.54. The van der Waals surface area contributed by atoms with E-state index in [0.29, 0.717) is 0 Å². The van der Waals surface area contributed by atoms with Gasteiger partial charge in [0.05, 0.1) is 0 Å². The Bertz CT molecular complexity index is 316. The predicted octanol–water partition coefficient (Wildman–Crippen LogP) is 1.65. The van der Waals surface area contributed by atoms with E-state index in [9.17, 15) is 4.79 Å². The lowest BCUT2D eigenvalue weighted by Crippen LogP contribution is -2.45. The molecule has 1 aliphatic carbocycles. The Kier molecular flexibility index (Phi) is 2.59. The van der Waals surface area contributed by atoms with Crippen LogP contribution in [-0.4, -0.2) is 29.9 Å². The van der Waals surface area contributed by atoms with Crippen molar-refractivity contribution < 1.29 is 4.79 Å². The molecule has 0 aromatic carbocycles. The van der Waals surface area contributed by atoms with Crippen LogP contribution in [0.1, 0.15) is 39.5 Å². The fourth-order valence-electron chi connectivity index (χ4n) is 2.44. The minimum absolute atomic E-state index is 0.169. The Hall–Kier alpha value is -0.830. The maximum absolute atomic E-state index is 12.1. The minimum Gasteiger partial charge on any atom is -0.328 e. The molecule has 2 rings (SSSR count). The molecule has 0 saturated heterocycles. The van der Waals surface area contributed by atoms with Crippen molar-refractivity contribution in [3.05, 3.63) is 11.3 Å². The SMILES string of the molecule is CCC1=C(CC)NC(=O)C2(CC2)N(C)C1. The van der Waals surface area contributed by atoms with Crippen molar-refractivity contribution in [1.82, 2.24) is 10.2 Å². The van der Waals surface area contributed by atoms with Crippen LogP contribution in [0.4, 0.5) is 0 Å². The highest BCUT2D eigenvalue weighted by molar-refractivity contribution is 5.91. The van der Waals surface area contributed by atoms with Crippen molar-refractivity contribution in [2.24, 2.45) is 0 Å². The summed E-state index contributed by atoms with van der Waals surface area (Å²) in [5.74, 6) is 0.213. The van der Waals surface area contributed by atoms with Crippen LogP contribution in [0.3, 0.4) is 0 Å². The number of carbonyl (C=O) groups is 1. The highest BCUT2D eigenvalue weighted by atomic mass is 16.2. The van der Waals surface area contributed by atoms with Gasteiger partial charge in [0.1, 0.15) is 5.54 Å². The van der Waals surface area contributed by atoms with E-state index in [0.717, 1.165) is 37.9 Å². The zero-order valence-electron chi connectivity index (χ0n) is 9.89. The molecule has 3 nitrogen and oxygen atoms in total. The highest BCUT2D eigenvalue weighted by Crippen LogP contribution is 2.43. The number of nitrogens with one attached hydrogen (secondary N) is 1. The molecule has 0 aromatic heterocycles. The molecule has 1 amide bonds. The quantitative estimate of drug-likeness (QED) is 0.748. The van der Waals surface area contributed by atoms with E-state index in [4.69, 9.17) is 0 Å². The van der Waals surface area contributed by atoms with Gasteiger partial charge in [0.15, 0.2) is 0 Å². The molecule has 0 radical (unpaired) electrons. The summed E-state index contributed by atoms with van der Waals surface area (Å²) in [6.45, 7) is 5.21. The van der Waals surface area contributed by atoms with Crippen LogP contribution in [0, 0.1) is 0 Å². The molecular weight excluding hydrogens is 188 g/mol. The first-order chi connectivity index (χ1) is 7.14. The first-order valence-electron chi connectivity index (χ1n) is 5.87. The second kappa shape index (κ2) is 3.63. The molecule has 1 N–H and O–H groups in total. The maximum atomic E-state index is 12.1. The molecule has 1 spiro atoms. The number of allylic oxidation sites excluding steroid dienone is 1. The molecule has 0 aromatic rings. The van der Waals surface area contributed by atoms with Gasteiger partial charge in [-0.05, 0) is 38.3 Å². The van der Waals surface area contributed by atoms with Crippen LogP contribution in [-0.2, 0) is 4.79 Å². The third kappa shape index (κ3) is 1.59. The lowest BCUT2D eigenvalue weighted by molar-refractivity contribution is -0.126. The average Bonchev–Trinajstić information content (AvgIpc) is 3.03. The van der Waals surface area contributed by atoms with Crippen molar-refractivity contribution in [1.29, 1.82) is 0 Å². The number of likely N-dealkylation sites (N-methyl/N-ethyl adjacent to an activating group) is 1. The summed E-state index contributed by atoms with van der Waals surface area (Å²) in [7, 11) is 2.07. The summed E-state index contributed by atoms with van der Waals surface area (Å²) < 4.78 is 0. The van der Waals surface area contributed by atoms with Crippen LogP contribution < -0.4 is 5.32 Å². The lowest BCUT2D eigenvalue weighted by Gasteiger charge is -2.23. The fraction of sp³-hybridized carbons (Fsp3) is 0.750. The molecule has 0 bridgehead atoms. The number of nitrogens with zero attached hydrogens (tertiary/aromatic N) is 1. The van der Waals surface area contributed by atoms with Gasteiger partial charge in [-0.3, -0.25) is 9.69 Å². The van der Waals surface area contributed by atoms with Crippen molar-refractivity contribution in [2.75, 3.05) is 13.6 Å². The third-order valence-electron chi connectivity index (χ3n) is 3.78. The van der Waals surface area contributed by atoms with Gasteiger partial charge in [0.25, 0.3) is 0 Å². The van der Waals surface area contributed by atoms with E-state index < -0.39 is 0 Å². The average molecular weight is 208 g/mol. The monoisotopic (exact) mass is 208 g/mol. The third-order valence-corrected chi connectivity index (χ3v) is 3.78. The molecule has 1 aliphatic heterocycles. The van der Waals surface area contributed by atoms with Gasteiger partial charge in [-0.1, -0.05) is 13.8 Å². The summed E-state index contributed by atoms with van der Waals surface area (Å²) in [5.41, 5.74) is 2.37. The van der Waals surface area contributed by atoms with Crippen molar-refractivity contribution in [3.8, 4) is 0 Å². The smallest absolute Gasteiger partial charge is 0.244 e. The van der Waals surface area contributed by atoms with Gasteiger partial charge in [-0.15, -0.1) is 0 Å². The Morgan fingerprint density at radius 1 is 1.33 bits per heavy atom. The number of amides is 1. The van der Waals surface area contributed by atoms with Crippen molar-refractivity contribution >= 4 is 5.91 Å². The number of carbonyl (C=O) groups excluding carboxylic acids is 1. The largest absolute Gasteiger partial charge is 0.328 e. The number of hydrogen-bond acceptors (Lipinski definition) is 2. The molecule has 1 fully saturated rings. The Balaban J connectivity index is 2.28.